The molecule has 3 heterocycles. The highest BCUT2D eigenvalue weighted by Crippen LogP contribution is 2.40. The average molecular weight is 334 g/mol. The molecule has 0 aromatic carbocycles. The molecule has 1 aromatic heterocycles. The first kappa shape index (κ1) is 16.1. The molecule has 0 radical (unpaired) electrons. The quantitative estimate of drug-likeness (QED) is 0.886. The first-order valence-electron chi connectivity index (χ1n) is 8.99. The van der Waals surface area contributed by atoms with Gasteiger partial charge in [0.25, 0.3) is 0 Å². The van der Waals surface area contributed by atoms with Gasteiger partial charge in [0.1, 0.15) is 5.82 Å². The smallest absolute Gasteiger partial charge is 0.239 e. The maximum absolute atomic E-state index is 12.4. The number of hydrogen-bond acceptors (Lipinski definition) is 5. The molecule has 1 amide bonds. The molecule has 132 valence electrons. The second-order valence-electron chi connectivity index (χ2n) is 7.17. The summed E-state index contributed by atoms with van der Waals surface area (Å²) < 4.78 is 13.4. The zero-order valence-electron chi connectivity index (χ0n) is 14.2. The Morgan fingerprint density at radius 3 is 2.75 bits per heavy atom. The van der Waals surface area contributed by atoms with Crippen molar-refractivity contribution in [2.24, 2.45) is 5.92 Å². The van der Waals surface area contributed by atoms with Crippen LogP contribution in [-0.4, -0.2) is 59.2 Å². The Morgan fingerprint density at radius 1 is 1.38 bits per heavy atom. The van der Waals surface area contributed by atoms with Crippen molar-refractivity contribution in [2.45, 2.75) is 44.4 Å². The van der Waals surface area contributed by atoms with E-state index in [1.807, 2.05) is 10.7 Å². The molecule has 4 rings (SSSR count). The van der Waals surface area contributed by atoms with E-state index in [0.29, 0.717) is 31.7 Å². The fourth-order valence-electron chi connectivity index (χ4n) is 3.74. The van der Waals surface area contributed by atoms with Gasteiger partial charge in [-0.2, -0.15) is 5.10 Å². The Bertz CT molecular complexity index is 582. The van der Waals surface area contributed by atoms with Crippen molar-refractivity contribution in [1.82, 2.24) is 14.7 Å². The third kappa shape index (κ3) is 3.34. The van der Waals surface area contributed by atoms with Crippen LogP contribution in [0.15, 0.2) is 12.3 Å². The standard InChI is InChI=1S/C17H26N4O3/c1-13(14-2-3-14)21-15(4-7-18-21)19-16(22)12-20-8-5-17(6-9-20)23-10-11-24-17/h4,7,13-14H,2-3,5-6,8-12H2,1H3,(H,19,22). The summed E-state index contributed by atoms with van der Waals surface area (Å²) in [5.74, 6) is 1.13. The van der Waals surface area contributed by atoms with Crippen LogP contribution in [-0.2, 0) is 14.3 Å². The second-order valence-corrected chi connectivity index (χ2v) is 7.17. The molecule has 2 aliphatic heterocycles. The van der Waals surface area contributed by atoms with Crippen LogP contribution in [0.4, 0.5) is 5.82 Å². The van der Waals surface area contributed by atoms with Gasteiger partial charge in [0.05, 0.1) is 32.0 Å². The zero-order chi connectivity index (χ0) is 16.6. The summed E-state index contributed by atoms with van der Waals surface area (Å²) in [4.78, 5) is 14.6. The van der Waals surface area contributed by atoms with Crippen molar-refractivity contribution in [3.05, 3.63) is 12.3 Å². The lowest BCUT2D eigenvalue weighted by Gasteiger charge is -2.37. The second kappa shape index (κ2) is 6.46. The molecule has 7 heteroatoms. The molecule has 1 aliphatic carbocycles. The van der Waals surface area contributed by atoms with E-state index in [1.54, 1.807) is 6.20 Å². The number of nitrogens with zero attached hydrogens (tertiary/aromatic N) is 3. The predicted octanol–water partition coefficient (Wildman–Crippen LogP) is 1.63. The number of hydrogen-bond donors (Lipinski definition) is 1. The van der Waals surface area contributed by atoms with Gasteiger partial charge in [-0.3, -0.25) is 9.69 Å². The van der Waals surface area contributed by atoms with E-state index >= 15 is 0 Å². The van der Waals surface area contributed by atoms with Crippen LogP contribution < -0.4 is 5.32 Å². The zero-order valence-corrected chi connectivity index (χ0v) is 14.2. The van der Waals surface area contributed by atoms with Crippen LogP contribution in [0, 0.1) is 5.92 Å². The summed E-state index contributed by atoms with van der Waals surface area (Å²) >= 11 is 0. The molecule has 7 nitrogen and oxygen atoms in total. The summed E-state index contributed by atoms with van der Waals surface area (Å²) in [5, 5.41) is 7.40. The Hall–Kier alpha value is -1.44. The van der Waals surface area contributed by atoms with Gasteiger partial charge in [-0.1, -0.05) is 0 Å². The summed E-state index contributed by atoms with van der Waals surface area (Å²) in [7, 11) is 0. The normalized spacial score (nSPS) is 25.0. The van der Waals surface area contributed by atoms with E-state index in [-0.39, 0.29) is 11.7 Å². The third-order valence-corrected chi connectivity index (χ3v) is 5.43. The van der Waals surface area contributed by atoms with E-state index in [1.165, 1.54) is 12.8 Å². The van der Waals surface area contributed by atoms with Crippen molar-refractivity contribution in [3.63, 3.8) is 0 Å². The van der Waals surface area contributed by atoms with E-state index in [4.69, 9.17) is 9.47 Å². The highest BCUT2D eigenvalue weighted by Gasteiger charge is 2.40. The largest absolute Gasteiger partial charge is 0.347 e. The van der Waals surface area contributed by atoms with E-state index < -0.39 is 0 Å². The maximum Gasteiger partial charge on any atom is 0.239 e. The minimum atomic E-state index is -0.384. The van der Waals surface area contributed by atoms with Crippen molar-refractivity contribution in [2.75, 3.05) is 38.2 Å². The number of carbonyl (C=O) groups excluding carboxylic acids is 1. The molecule has 1 spiro atoms. The molecule has 1 aromatic rings. The van der Waals surface area contributed by atoms with Crippen molar-refractivity contribution in [1.29, 1.82) is 0 Å². The predicted molar refractivity (Wildman–Crippen MR) is 88.6 cm³/mol. The van der Waals surface area contributed by atoms with Gasteiger partial charge in [0, 0.05) is 32.0 Å². The van der Waals surface area contributed by atoms with Gasteiger partial charge in [-0.15, -0.1) is 0 Å². The highest BCUT2D eigenvalue weighted by molar-refractivity contribution is 5.91. The van der Waals surface area contributed by atoms with Crippen LogP contribution in [0.2, 0.25) is 0 Å². The number of rotatable bonds is 5. The molecule has 3 fully saturated rings. The number of nitrogens with one attached hydrogen (secondary N) is 1. The minimum Gasteiger partial charge on any atom is -0.347 e. The lowest BCUT2D eigenvalue weighted by Crippen LogP contribution is -2.47. The summed E-state index contributed by atoms with van der Waals surface area (Å²) in [6.07, 6.45) is 5.93. The maximum atomic E-state index is 12.4. The number of amides is 1. The van der Waals surface area contributed by atoms with E-state index in [2.05, 4.69) is 22.2 Å². The van der Waals surface area contributed by atoms with Crippen LogP contribution in [0.1, 0.15) is 38.6 Å². The third-order valence-electron chi connectivity index (χ3n) is 5.43. The summed E-state index contributed by atoms with van der Waals surface area (Å²) in [6.45, 7) is 5.59. The molecule has 1 N–H and O–H groups in total. The van der Waals surface area contributed by atoms with Gasteiger partial charge >= 0.3 is 0 Å². The topological polar surface area (TPSA) is 68.6 Å². The van der Waals surface area contributed by atoms with Gasteiger partial charge in [-0.25, -0.2) is 4.68 Å². The number of piperidine rings is 1. The van der Waals surface area contributed by atoms with Crippen LogP contribution in [0.5, 0.6) is 0 Å². The van der Waals surface area contributed by atoms with E-state index in [9.17, 15) is 4.79 Å². The molecule has 2 saturated heterocycles. The van der Waals surface area contributed by atoms with Crippen molar-refractivity contribution < 1.29 is 14.3 Å². The Labute approximate surface area is 142 Å². The van der Waals surface area contributed by atoms with Gasteiger partial charge in [0.2, 0.25) is 5.91 Å². The highest BCUT2D eigenvalue weighted by atomic mass is 16.7. The van der Waals surface area contributed by atoms with Crippen molar-refractivity contribution in [3.8, 4) is 0 Å². The minimum absolute atomic E-state index is 0.0176. The summed E-state index contributed by atoms with van der Waals surface area (Å²) in [6, 6.07) is 2.23. The molecular weight excluding hydrogens is 308 g/mol. The van der Waals surface area contributed by atoms with Crippen LogP contribution in [0.25, 0.3) is 0 Å². The summed E-state index contributed by atoms with van der Waals surface area (Å²) in [5.41, 5.74) is 0. The van der Waals surface area contributed by atoms with Gasteiger partial charge < -0.3 is 14.8 Å². The monoisotopic (exact) mass is 334 g/mol. The Balaban J connectivity index is 1.29. The SMILES string of the molecule is CC(C1CC1)n1nccc1NC(=O)CN1CCC2(CC1)OCCO2. The molecule has 1 saturated carbocycles. The number of aromatic nitrogens is 2. The Morgan fingerprint density at radius 2 is 2.08 bits per heavy atom. The first-order chi connectivity index (χ1) is 11.7. The van der Waals surface area contributed by atoms with E-state index in [0.717, 1.165) is 31.7 Å². The van der Waals surface area contributed by atoms with Crippen LogP contribution in [0.3, 0.4) is 0 Å². The number of anilines is 1. The molecule has 3 aliphatic rings. The van der Waals surface area contributed by atoms with Crippen molar-refractivity contribution >= 4 is 11.7 Å². The number of carbonyl (C=O) groups is 1. The first-order valence-corrected chi connectivity index (χ1v) is 8.99. The van der Waals surface area contributed by atoms with Gasteiger partial charge in [0.15, 0.2) is 5.79 Å². The molecule has 1 atom stereocenters. The molecular formula is C17H26N4O3. The number of likely N-dealkylation sites (tertiary alicyclic amines) is 1. The lowest BCUT2D eigenvalue weighted by molar-refractivity contribution is -0.185. The fourth-order valence-corrected chi connectivity index (χ4v) is 3.74. The average Bonchev–Trinajstić information content (AvgIpc) is 3.17. The van der Waals surface area contributed by atoms with Gasteiger partial charge in [-0.05, 0) is 25.7 Å². The lowest BCUT2D eigenvalue weighted by atomic mass is 10.0. The van der Waals surface area contributed by atoms with Crippen LogP contribution >= 0.6 is 0 Å². The Kier molecular flexibility index (Phi) is 4.32. The molecule has 0 bridgehead atoms. The number of ether oxygens (including phenoxy) is 2. The molecule has 24 heavy (non-hydrogen) atoms. The fraction of sp³-hybridized carbons (Fsp3) is 0.765. The molecule has 1 unspecified atom stereocenters.